The second kappa shape index (κ2) is 14.7. The van der Waals surface area contributed by atoms with Gasteiger partial charge in [0, 0.05) is 35.7 Å². The second-order valence-electron chi connectivity index (χ2n) is 9.38. The third-order valence-electron chi connectivity index (χ3n) is 6.46. The number of hydrogen-bond acceptors (Lipinski definition) is 15. The van der Waals surface area contributed by atoms with E-state index in [1.54, 1.807) is 34.8 Å². The van der Waals surface area contributed by atoms with Gasteiger partial charge in [-0.25, -0.2) is 4.98 Å². The van der Waals surface area contributed by atoms with Gasteiger partial charge in [-0.1, -0.05) is 12.1 Å². The van der Waals surface area contributed by atoms with Crippen LogP contribution in [0.1, 0.15) is 19.0 Å². The summed E-state index contributed by atoms with van der Waals surface area (Å²) in [5.74, 6) is -3.24. The molecular formula is C26H23N10NaO6S2. The molecule has 0 aromatic carbocycles. The minimum absolute atomic E-state index is 0. The minimum Gasteiger partial charge on any atom is -0.543 e. The topological polar surface area (TPSA) is 231 Å². The summed E-state index contributed by atoms with van der Waals surface area (Å²) in [7, 11) is 0. The fraction of sp³-hybridized carbons (Fsp3) is 0.269. The number of amides is 3. The smallest absolute Gasteiger partial charge is 0.543 e. The summed E-state index contributed by atoms with van der Waals surface area (Å²) in [5.41, 5.74) is 6.98. The average molecular weight is 659 g/mol. The van der Waals surface area contributed by atoms with Gasteiger partial charge in [-0.3, -0.25) is 24.6 Å². The van der Waals surface area contributed by atoms with Gasteiger partial charge >= 0.3 is 29.6 Å². The second-order valence-corrected chi connectivity index (χ2v) is 11.4. The zero-order valence-corrected chi connectivity index (χ0v) is 27.6. The number of thiazole rings is 1. The molecule has 3 amide bonds. The van der Waals surface area contributed by atoms with Crippen LogP contribution in [0.5, 0.6) is 0 Å². The van der Waals surface area contributed by atoms with Crippen LogP contribution in [0.2, 0.25) is 0 Å². The number of rotatable bonds is 10. The van der Waals surface area contributed by atoms with Crippen molar-refractivity contribution in [3.05, 3.63) is 69.9 Å². The molecule has 0 bridgehead atoms. The normalized spacial score (nSPS) is 20.2. The first-order valence-corrected chi connectivity index (χ1v) is 14.9. The van der Waals surface area contributed by atoms with Crippen molar-refractivity contribution in [2.45, 2.75) is 24.8 Å². The maximum absolute atomic E-state index is 13.2. The number of β-lactam (4-membered cyclic amide) rings is 1. The number of nitrogen functional groups attached to an aromatic ring is 1. The van der Waals surface area contributed by atoms with E-state index < -0.39 is 35.1 Å². The molecule has 45 heavy (non-hydrogen) atoms. The van der Waals surface area contributed by atoms with Crippen LogP contribution >= 0.6 is 23.1 Å². The van der Waals surface area contributed by atoms with Gasteiger partial charge < -0.3 is 30.7 Å². The molecule has 5 heterocycles. The number of oxime groups is 1. The molecule has 226 valence electrons. The van der Waals surface area contributed by atoms with E-state index >= 15 is 0 Å². The van der Waals surface area contributed by atoms with E-state index in [1.165, 1.54) is 24.0 Å². The average Bonchev–Trinajstić information content (AvgIpc) is 3.68. The maximum Gasteiger partial charge on any atom is 1.00 e. The zero-order valence-electron chi connectivity index (χ0n) is 23.9. The number of carbonyl (C=O) groups excluding carboxylic acids is 4. The van der Waals surface area contributed by atoms with Gasteiger partial charge in [0.15, 0.2) is 22.7 Å². The molecule has 4 aliphatic heterocycles. The molecule has 1 saturated heterocycles. The van der Waals surface area contributed by atoms with E-state index in [1.807, 2.05) is 12.2 Å². The summed E-state index contributed by atoms with van der Waals surface area (Å²) in [6.07, 6.45) is 10.4. The molecule has 0 radical (unpaired) electrons. The number of nitrogens with one attached hydrogen (secondary N) is 2. The van der Waals surface area contributed by atoms with Crippen LogP contribution in [-0.2, 0) is 24.0 Å². The molecule has 1 aromatic rings. The Morgan fingerprint density at radius 1 is 1.29 bits per heavy atom. The summed E-state index contributed by atoms with van der Waals surface area (Å²) in [5, 5.41) is 38.1. The number of nitrogens with zero attached hydrogens (tertiary/aromatic N) is 7. The fourth-order valence-electron chi connectivity index (χ4n) is 4.42. The van der Waals surface area contributed by atoms with Crippen LogP contribution < -0.4 is 51.0 Å². The number of aliphatic carboxylic acids is 1. The molecule has 0 aliphatic carbocycles. The summed E-state index contributed by atoms with van der Waals surface area (Å²) < 4.78 is 0. The van der Waals surface area contributed by atoms with Gasteiger partial charge in [-0.2, -0.15) is 5.26 Å². The Morgan fingerprint density at radius 3 is 2.69 bits per heavy atom. The Morgan fingerprint density at radius 2 is 2.04 bits per heavy atom. The first kappa shape index (κ1) is 33.6. The van der Waals surface area contributed by atoms with Gasteiger partial charge in [0.2, 0.25) is 0 Å². The van der Waals surface area contributed by atoms with Crippen molar-refractivity contribution >= 4 is 57.6 Å². The van der Waals surface area contributed by atoms with Crippen LogP contribution in [0, 0.1) is 11.5 Å². The molecule has 4 N–H and O–H groups in total. The van der Waals surface area contributed by atoms with Crippen molar-refractivity contribution in [2.24, 2.45) is 15.4 Å². The van der Waals surface area contributed by atoms with Crippen molar-refractivity contribution in [1.29, 1.82) is 5.26 Å². The van der Waals surface area contributed by atoms with Crippen LogP contribution in [-0.4, -0.2) is 74.5 Å². The van der Waals surface area contributed by atoms with E-state index in [0.717, 1.165) is 16.2 Å². The molecule has 0 spiro atoms. The summed E-state index contributed by atoms with van der Waals surface area (Å²) in [6, 6.07) is -1.01. The molecule has 0 saturated carbocycles. The number of carboxylic acids is 1. The van der Waals surface area contributed by atoms with E-state index in [-0.39, 0.29) is 76.4 Å². The minimum atomic E-state index is -1.51. The van der Waals surface area contributed by atoms with Gasteiger partial charge in [0.25, 0.3) is 17.7 Å². The van der Waals surface area contributed by atoms with Crippen LogP contribution in [0.15, 0.2) is 79.6 Å². The molecule has 16 nitrogen and oxygen atoms in total. The molecule has 4 aliphatic rings. The number of hydrogen-bond donors (Lipinski definition) is 3. The van der Waals surface area contributed by atoms with E-state index in [4.69, 9.17) is 15.8 Å². The monoisotopic (exact) mass is 658 g/mol. The molecule has 19 heteroatoms. The number of azo groups is 1. The zero-order chi connectivity index (χ0) is 31.4. The van der Waals surface area contributed by atoms with Crippen molar-refractivity contribution in [1.82, 2.24) is 25.4 Å². The third kappa shape index (κ3) is 7.18. The number of carbonyl (C=O) groups is 4. The van der Waals surface area contributed by atoms with Gasteiger partial charge in [-0.05, 0) is 30.2 Å². The van der Waals surface area contributed by atoms with Crippen LogP contribution in [0.25, 0.3) is 0 Å². The fourth-order valence-corrected chi connectivity index (χ4v) is 6.30. The number of aromatic nitrogens is 1. The summed E-state index contributed by atoms with van der Waals surface area (Å²) in [6.45, 7) is 2.28. The van der Waals surface area contributed by atoms with Crippen molar-refractivity contribution < 1.29 is 58.7 Å². The van der Waals surface area contributed by atoms with E-state index in [9.17, 15) is 24.3 Å². The largest absolute Gasteiger partial charge is 1.00 e. The van der Waals surface area contributed by atoms with Crippen molar-refractivity contribution in [3.63, 3.8) is 0 Å². The maximum atomic E-state index is 13.2. The van der Waals surface area contributed by atoms with Crippen LogP contribution in [0.4, 0.5) is 5.13 Å². The Kier molecular flexibility index (Phi) is 11.0. The number of anilines is 1. The molecule has 0 unspecified atom stereocenters. The first-order chi connectivity index (χ1) is 21.2. The SMILES string of the molecule is CCCO/N=C(\C(=O)N[C@@H]1C(=O)N2C(C(=O)[O-])=C(CN3C=CC(=C4C=C(C(=O)NC#N)N=N4)C=C3)CS[C@H]12)c1csc(N)n1.[Na+]. The summed E-state index contributed by atoms with van der Waals surface area (Å²) >= 11 is 2.42. The Balaban J connectivity index is 0.00000461. The van der Waals surface area contributed by atoms with E-state index in [0.29, 0.717) is 23.3 Å². The van der Waals surface area contributed by atoms with Crippen molar-refractivity contribution in [2.75, 3.05) is 24.6 Å². The Hall–Kier alpha value is -4.28. The number of fused-ring (bicyclic) bond motifs is 1. The summed E-state index contributed by atoms with van der Waals surface area (Å²) in [4.78, 5) is 62.4. The van der Waals surface area contributed by atoms with Crippen molar-refractivity contribution in [3.8, 4) is 6.19 Å². The van der Waals surface area contributed by atoms with E-state index in [2.05, 4.69) is 25.7 Å². The molecular weight excluding hydrogens is 635 g/mol. The third-order valence-corrected chi connectivity index (χ3v) is 8.47. The van der Waals surface area contributed by atoms with Crippen LogP contribution in [0.3, 0.4) is 0 Å². The molecule has 2 atom stereocenters. The number of allylic oxidation sites excluding steroid dienone is 4. The Bertz CT molecular complexity index is 1670. The number of carboxylic acid groups (broad SMARTS) is 1. The number of nitriles is 1. The first-order valence-electron chi connectivity index (χ1n) is 13.0. The number of nitrogens with two attached hydrogens (primary N) is 1. The van der Waals surface area contributed by atoms with Gasteiger partial charge in [0.1, 0.15) is 23.7 Å². The van der Waals surface area contributed by atoms with Gasteiger partial charge in [0.05, 0.1) is 17.4 Å². The quantitative estimate of drug-likeness (QED) is 0.0431. The predicted molar refractivity (Wildman–Crippen MR) is 155 cm³/mol. The standard InChI is InChI=1S/C26H24N10O6S2.Na/c1-2-7-42-34-18(17-11-44-26(28)30-17)22(38)31-19-23(39)36-20(25(40)41)14(10-43-24(19)36)9-35-5-3-13(4-6-35)15-8-16(33-32-15)21(37)29-12-27;/h3-6,8,11,19,24H,2,7,9-10H2,1H3,(H2,28,30)(H,29,37)(H,31,38)(H,40,41);/q;+1/p-1/b34-18-;/t19-,24-;/m1./s1. The number of thioether (sulfide) groups is 1. The molecule has 5 rings (SSSR count). The van der Waals surface area contributed by atoms with Gasteiger partial charge in [-0.15, -0.1) is 33.3 Å². The molecule has 1 fully saturated rings. The Labute approximate surface area is 286 Å². The predicted octanol–water partition coefficient (Wildman–Crippen LogP) is -3.19. The molecule has 1 aromatic heterocycles.